The smallest absolute Gasteiger partial charge is 0.317 e. The van der Waals surface area contributed by atoms with Gasteiger partial charge in [0.05, 0.1) is 23.5 Å². The summed E-state index contributed by atoms with van der Waals surface area (Å²) in [4.78, 5) is 19.3. The van der Waals surface area contributed by atoms with Gasteiger partial charge < -0.3 is 10.0 Å². The Balaban J connectivity index is 2.20. The molecule has 6 nitrogen and oxygen atoms in total. The normalized spacial score (nSPS) is 16.3. The number of rotatable bonds is 3. The lowest BCUT2D eigenvalue weighted by atomic mass is 10.1. The predicted octanol–water partition coefficient (Wildman–Crippen LogP) is 1.17. The van der Waals surface area contributed by atoms with Gasteiger partial charge in [0.25, 0.3) is 0 Å². The predicted molar refractivity (Wildman–Crippen MR) is 79.3 cm³/mol. The minimum Gasteiger partial charge on any atom is -0.480 e. The van der Waals surface area contributed by atoms with Gasteiger partial charge in [0.15, 0.2) is 0 Å². The van der Waals surface area contributed by atoms with Crippen LogP contribution in [-0.4, -0.2) is 53.7 Å². The molecule has 0 unspecified atom stereocenters. The minimum absolute atomic E-state index is 0.0767. The molecule has 1 fully saturated rings. The van der Waals surface area contributed by atoms with Gasteiger partial charge in [-0.05, 0) is 26.3 Å². The van der Waals surface area contributed by atoms with E-state index >= 15 is 0 Å². The van der Waals surface area contributed by atoms with Crippen molar-refractivity contribution in [3.63, 3.8) is 0 Å². The van der Waals surface area contributed by atoms with Gasteiger partial charge in [0.2, 0.25) is 0 Å². The molecule has 6 heteroatoms. The zero-order valence-corrected chi connectivity index (χ0v) is 12.5. The summed E-state index contributed by atoms with van der Waals surface area (Å²) in [6.45, 7) is 6.87. The molecule has 1 aromatic heterocycles. The number of nitrogens with zero attached hydrogens (tertiary/aromatic N) is 4. The second kappa shape index (κ2) is 6.55. The molecule has 0 bridgehead atoms. The molecule has 0 saturated carbocycles. The van der Waals surface area contributed by atoms with Crippen LogP contribution in [0.5, 0.6) is 0 Å². The molecule has 112 valence electrons. The SMILES string of the molecule is Cc1cc(N2CCCN(CC(=O)O)CC2)c(C#N)c(C)n1. The molecule has 1 aromatic rings. The quantitative estimate of drug-likeness (QED) is 0.899. The highest BCUT2D eigenvalue weighted by Gasteiger charge is 2.20. The Morgan fingerprint density at radius 2 is 2.14 bits per heavy atom. The Morgan fingerprint density at radius 1 is 1.38 bits per heavy atom. The second-order valence-corrected chi connectivity index (χ2v) is 5.37. The zero-order valence-electron chi connectivity index (χ0n) is 12.5. The van der Waals surface area contributed by atoms with Gasteiger partial charge in [-0.1, -0.05) is 0 Å². The molecule has 21 heavy (non-hydrogen) atoms. The fraction of sp³-hybridized carbons (Fsp3) is 0.533. The summed E-state index contributed by atoms with van der Waals surface area (Å²) in [5, 5.41) is 18.2. The minimum atomic E-state index is -0.795. The molecular weight excluding hydrogens is 268 g/mol. The summed E-state index contributed by atoms with van der Waals surface area (Å²) in [6, 6.07) is 4.18. The van der Waals surface area contributed by atoms with Crippen molar-refractivity contribution in [2.24, 2.45) is 0 Å². The highest BCUT2D eigenvalue weighted by molar-refractivity contribution is 5.69. The number of aliphatic carboxylic acids is 1. The molecule has 0 spiro atoms. The summed E-state index contributed by atoms with van der Waals surface area (Å²) < 4.78 is 0. The van der Waals surface area contributed by atoms with Crippen LogP contribution in [0.4, 0.5) is 5.69 Å². The van der Waals surface area contributed by atoms with E-state index < -0.39 is 5.97 Å². The standard InChI is InChI=1S/C15H20N4O2/c1-11-8-14(13(9-16)12(2)17-11)19-5-3-4-18(6-7-19)10-15(20)21/h8H,3-7,10H2,1-2H3,(H,20,21). The van der Waals surface area contributed by atoms with Crippen molar-refractivity contribution in [3.05, 3.63) is 23.0 Å². The summed E-state index contributed by atoms with van der Waals surface area (Å²) in [7, 11) is 0. The first-order valence-corrected chi connectivity index (χ1v) is 7.08. The molecule has 1 aliphatic heterocycles. The van der Waals surface area contributed by atoms with E-state index in [0.29, 0.717) is 12.1 Å². The maximum absolute atomic E-state index is 10.8. The van der Waals surface area contributed by atoms with E-state index in [0.717, 1.165) is 43.1 Å². The third-order valence-electron chi connectivity index (χ3n) is 3.71. The van der Waals surface area contributed by atoms with Crippen molar-refractivity contribution in [2.75, 3.05) is 37.6 Å². The van der Waals surface area contributed by atoms with Crippen LogP contribution in [0.1, 0.15) is 23.4 Å². The van der Waals surface area contributed by atoms with Gasteiger partial charge in [-0.2, -0.15) is 5.26 Å². The number of carbonyl (C=O) groups is 1. The van der Waals surface area contributed by atoms with E-state index in [1.807, 2.05) is 24.8 Å². The number of aromatic nitrogens is 1. The summed E-state index contributed by atoms with van der Waals surface area (Å²) in [6.07, 6.45) is 0.887. The van der Waals surface area contributed by atoms with E-state index in [4.69, 9.17) is 5.11 Å². The van der Waals surface area contributed by atoms with Crippen molar-refractivity contribution >= 4 is 11.7 Å². The van der Waals surface area contributed by atoms with Crippen molar-refractivity contribution < 1.29 is 9.90 Å². The van der Waals surface area contributed by atoms with Crippen LogP contribution in [0.3, 0.4) is 0 Å². The second-order valence-electron chi connectivity index (χ2n) is 5.37. The Morgan fingerprint density at radius 3 is 2.81 bits per heavy atom. The lowest BCUT2D eigenvalue weighted by Crippen LogP contribution is -2.34. The topological polar surface area (TPSA) is 80.5 Å². The fourth-order valence-corrected chi connectivity index (χ4v) is 2.76. The van der Waals surface area contributed by atoms with Crippen LogP contribution in [0.2, 0.25) is 0 Å². The van der Waals surface area contributed by atoms with Crippen molar-refractivity contribution in [2.45, 2.75) is 20.3 Å². The van der Waals surface area contributed by atoms with E-state index in [9.17, 15) is 10.1 Å². The highest BCUT2D eigenvalue weighted by Crippen LogP contribution is 2.24. The fourth-order valence-electron chi connectivity index (χ4n) is 2.76. The van der Waals surface area contributed by atoms with Crippen molar-refractivity contribution in [1.82, 2.24) is 9.88 Å². The molecule has 1 saturated heterocycles. The van der Waals surface area contributed by atoms with Gasteiger partial charge in [-0.15, -0.1) is 0 Å². The monoisotopic (exact) mass is 288 g/mol. The van der Waals surface area contributed by atoms with Crippen molar-refractivity contribution in [1.29, 1.82) is 5.26 Å². The van der Waals surface area contributed by atoms with Crippen LogP contribution in [-0.2, 0) is 4.79 Å². The van der Waals surface area contributed by atoms with E-state index in [2.05, 4.69) is 16.0 Å². The molecule has 2 rings (SSSR count). The summed E-state index contributed by atoms with van der Waals surface area (Å²) in [5.41, 5.74) is 3.18. The Bertz CT molecular complexity index is 580. The first kappa shape index (κ1) is 15.3. The van der Waals surface area contributed by atoms with Crippen LogP contribution in [0.15, 0.2) is 6.07 Å². The number of pyridine rings is 1. The van der Waals surface area contributed by atoms with Gasteiger partial charge in [-0.3, -0.25) is 14.7 Å². The van der Waals surface area contributed by atoms with E-state index in [1.165, 1.54) is 0 Å². The molecule has 2 heterocycles. The lowest BCUT2D eigenvalue weighted by Gasteiger charge is -2.25. The Hall–Kier alpha value is -2.13. The maximum Gasteiger partial charge on any atom is 0.317 e. The van der Waals surface area contributed by atoms with Gasteiger partial charge in [-0.25, -0.2) is 0 Å². The number of nitriles is 1. The molecule has 1 N–H and O–H groups in total. The molecule has 0 amide bonds. The number of carboxylic acid groups (broad SMARTS) is 1. The third kappa shape index (κ3) is 3.70. The van der Waals surface area contributed by atoms with E-state index in [-0.39, 0.29) is 6.54 Å². The van der Waals surface area contributed by atoms with Crippen LogP contribution >= 0.6 is 0 Å². The van der Waals surface area contributed by atoms with Gasteiger partial charge in [0.1, 0.15) is 6.07 Å². The number of hydrogen-bond acceptors (Lipinski definition) is 5. The summed E-state index contributed by atoms with van der Waals surface area (Å²) >= 11 is 0. The highest BCUT2D eigenvalue weighted by atomic mass is 16.4. The zero-order chi connectivity index (χ0) is 15.4. The van der Waals surface area contributed by atoms with Gasteiger partial charge >= 0.3 is 5.97 Å². The van der Waals surface area contributed by atoms with Crippen LogP contribution in [0.25, 0.3) is 0 Å². The Kier molecular flexibility index (Phi) is 4.76. The molecule has 0 aliphatic carbocycles. The maximum atomic E-state index is 10.8. The third-order valence-corrected chi connectivity index (χ3v) is 3.71. The molecule has 0 aromatic carbocycles. The molecule has 0 atom stereocenters. The number of carboxylic acids is 1. The van der Waals surface area contributed by atoms with Crippen LogP contribution in [0, 0.1) is 25.2 Å². The average molecular weight is 288 g/mol. The first-order valence-electron chi connectivity index (χ1n) is 7.08. The number of aryl methyl sites for hydroxylation is 2. The van der Waals surface area contributed by atoms with Gasteiger partial charge in [0, 0.05) is 31.9 Å². The Labute approximate surface area is 124 Å². The van der Waals surface area contributed by atoms with Crippen molar-refractivity contribution in [3.8, 4) is 6.07 Å². The average Bonchev–Trinajstić information content (AvgIpc) is 2.63. The molecule has 1 aliphatic rings. The molecular formula is C15H20N4O2. The number of anilines is 1. The molecule has 0 radical (unpaired) electrons. The summed E-state index contributed by atoms with van der Waals surface area (Å²) in [5.74, 6) is -0.795. The first-order chi connectivity index (χ1) is 10.0. The van der Waals surface area contributed by atoms with E-state index in [1.54, 1.807) is 0 Å². The number of hydrogen-bond donors (Lipinski definition) is 1. The van der Waals surface area contributed by atoms with Crippen LogP contribution < -0.4 is 4.90 Å². The lowest BCUT2D eigenvalue weighted by molar-refractivity contribution is -0.138. The largest absolute Gasteiger partial charge is 0.480 e.